The van der Waals surface area contributed by atoms with Crippen LogP contribution in [0.5, 0.6) is 0 Å². The largest absolute Gasteiger partial charge is 0.387 e. The Labute approximate surface area is 75.2 Å². The van der Waals surface area contributed by atoms with Gasteiger partial charge >= 0.3 is 0 Å². The fourth-order valence-electron chi connectivity index (χ4n) is 0.859. The molecule has 0 aliphatic heterocycles. The Morgan fingerprint density at radius 3 is 2.54 bits per heavy atom. The summed E-state index contributed by atoms with van der Waals surface area (Å²) in [5.41, 5.74) is 0.795. The average molecular weight is 183 g/mol. The van der Waals surface area contributed by atoms with E-state index in [1.165, 1.54) is 12.1 Å². The van der Waals surface area contributed by atoms with Crippen LogP contribution in [0.4, 0.5) is 4.39 Å². The second kappa shape index (κ2) is 4.57. The highest BCUT2D eigenvalue weighted by Gasteiger charge is 1.97. The molecule has 0 fully saturated rings. The van der Waals surface area contributed by atoms with E-state index in [1.807, 2.05) is 0 Å². The van der Waals surface area contributed by atoms with Crippen molar-refractivity contribution in [1.82, 2.24) is 5.32 Å². The van der Waals surface area contributed by atoms with Crippen molar-refractivity contribution in [3.63, 3.8) is 0 Å². The molecule has 13 heavy (non-hydrogen) atoms. The van der Waals surface area contributed by atoms with Gasteiger partial charge in [0.15, 0.2) is 0 Å². The predicted molar refractivity (Wildman–Crippen MR) is 45.3 cm³/mol. The number of rotatable bonds is 3. The van der Waals surface area contributed by atoms with Crippen molar-refractivity contribution >= 4 is 5.91 Å². The van der Waals surface area contributed by atoms with Crippen LogP contribution in [0, 0.1) is 5.82 Å². The highest BCUT2D eigenvalue weighted by Crippen LogP contribution is 2.01. The van der Waals surface area contributed by atoms with Gasteiger partial charge in [-0.2, -0.15) is 0 Å². The number of carbonyl (C=O) groups is 1. The summed E-state index contributed by atoms with van der Waals surface area (Å²) in [5, 5.41) is 10.8. The molecule has 1 aromatic carbocycles. The van der Waals surface area contributed by atoms with Gasteiger partial charge in [-0.25, -0.2) is 4.39 Å². The minimum Gasteiger partial charge on any atom is -0.387 e. The SMILES string of the molecule is O=C(CO)NCc1ccc(F)cc1. The Morgan fingerprint density at radius 2 is 2.00 bits per heavy atom. The maximum Gasteiger partial charge on any atom is 0.245 e. The third kappa shape index (κ3) is 3.21. The molecule has 0 saturated carbocycles. The van der Waals surface area contributed by atoms with E-state index in [1.54, 1.807) is 12.1 Å². The molecule has 1 aromatic rings. The molecule has 70 valence electrons. The maximum atomic E-state index is 12.4. The number of hydrogen-bond acceptors (Lipinski definition) is 2. The molecule has 0 unspecified atom stereocenters. The first-order valence-electron chi connectivity index (χ1n) is 3.84. The fraction of sp³-hybridized carbons (Fsp3) is 0.222. The summed E-state index contributed by atoms with van der Waals surface area (Å²) in [6.45, 7) is -0.221. The van der Waals surface area contributed by atoms with Crippen LogP contribution in [-0.4, -0.2) is 17.6 Å². The number of nitrogens with one attached hydrogen (secondary N) is 1. The first-order valence-corrected chi connectivity index (χ1v) is 3.84. The van der Waals surface area contributed by atoms with Crippen molar-refractivity contribution in [2.45, 2.75) is 6.54 Å². The molecule has 0 aromatic heterocycles. The van der Waals surface area contributed by atoms with E-state index in [-0.39, 0.29) is 5.82 Å². The van der Waals surface area contributed by atoms with E-state index < -0.39 is 12.5 Å². The normalized spacial score (nSPS) is 9.69. The number of benzene rings is 1. The Morgan fingerprint density at radius 1 is 1.38 bits per heavy atom. The molecule has 0 spiro atoms. The lowest BCUT2D eigenvalue weighted by atomic mass is 10.2. The van der Waals surface area contributed by atoms with Crippen LogP contribution in [0.1, 0.15) is 5.56 Å². The predicted octanol–water partition coefficient (Wildman–Crippen LogP) is 0.434. The van der Waals surface area contributed by atoms with Gasteiger partial charge in [0.25, 0.3) is 0 Å². The summed E-state index contributed by atoms with van der Waals surface area (Å²) in [6, 6.07) is 5.79. The molecule has 3 nitrogen and oxygen atoms in total. The quantitative estimate of drug-likeness (QED) is 0.714. The maximum absolute atomic E-state index is 12.4. The summed E-state index contributed by atoms with van der Waals surface area (Å²) < 4.78 is 12.4. The van der Waals surface area contributed by atoms with Gasteiger partial charge in [0.05, 0.1) is 0 Å². The molecule has 1 rings (SSSR count). The van der Waals surface area contributed by atoms with Gasteiger partial charge in [0.1, 0.15) is 12.4 Å². The molecule has 0 atom stereocenters. The van der Waals surface area contributed by atoms with Crippen LogP contribution in [-0.2, 0) is 11.3 Å². The fourth-order valence-corrected chi connectivity index (χ4v) is 0.859. The molecule has 0 radical (unpaired) electrons. The zero-order valence-corrected chi connectivity index (χ0v) is 6.96. The number of hydrogen-bond donors (Lipinski definition) is 2. The lowest BCUT2D eigenvalue weighted by molar-refractivity contribution is -0.123. The van der Waals surface area contributed by atoms with Gasteiger partial charge in [-0.05, 0) is 17.7 Å². The van der Waals surface area contributed by atoms with Crippen LogP contribution in [0.25, 0.3) is 0 Å². The second-order valence-corrected chi connectivity index (χ2v) is 2.56. The summed E-state index contributed by atoms with van der Waals surface area (Å²) >= 11 is 0. The highest BCUT2D eigenvalue weighted by atomic mass is 19.1. The van der Waals surface area contributed by atoms with Crippen molar-refractivity contribution in [2.75, 3.05) is 6.61 Å². The minimum atomic E-state index is -0.527. The van der Waals surface area contributed by atoms with Gasteiger partial charge < -0.3 is 10.4 Å². The van der Waals surface area contributed by atoms with E-state index in [9.17, 15) is 9.18 Å². The van der Waals surface area contributed by atoms with Gasteiger partial charge in [0.2, 0.25) is 5.91 Å². The molecular formula is C9H10FNO2. The standard InChI is InChI=1S/C9H10FNO2/c10-8-3-1-7(2-4-8)5-11-9(13)6-12/h1-4,12H,5-6H2,(H,11,13). The van der Waals surface area contributed by atoms with Crippen molar-refractivity contribution in [2.24, 2.45) is 0 Å². The number of amides is 1. The van der Waals surface area contributed by atoms with Gasteiger partial charge in [-0.3, -0.25) is 4.79 Å². The molecular weight excluding hydrogens is 173 g/mol. The third-order valence-electron chi connectivity index (χ3n) is 1.55. The molecule has 0 bridgehead atoms. The molecule has 0 heterocycles. The first kappa shape index (κ1) is 9.67. The summed E-state index contributed by atoms with van der Waals surface area (Å²) in [4.78, 5) is 10.6. The Bertz CT molecular complexity index is 284. The molecule has 2 N–H and O–H groups in total. The number of carbonyl (C=O) groups excluding carboxylic acids is 1. The number of aliphatic hydroxyl groups is 1. The zero-order chi connectivity index (χ0) is 9.68. The molecule has 0 aliphatic carbocycles. The molecule has 1 amide bonds. The Kier molecular flexibility index (Phi) is 3.40. The third-order valence-corrected chi connectivity index (χ3v) is 1.55. The smallest absolute Gasteiger partial charge is 0.245 e. The van der Waals surface area contributed by atoms with E-state index >= 15 is 0 Å². The van der Waals surface area contributed by atoms with E-state index in [0.717, 1.165) is 5.56 Å². The molecule has 0 saturated heterocycles. The highest BCUT2D eigenvalue weighted by molar-refractivity contribution is 5.76. The van der Waals surface area contributed by atoms with Crippen molar-refractivity contribution < 1.29 is 14.3 Å². The van der Waals surface area contributed by atoms with E-state index in [4.69, 9.17) is 5.11 Å². The Hall–Kier alpha value is -1.42. The number of aliphatic hydroxyl groups excluding tert-OH is 1. The van der Waals surface area contributed by atoms with Crippen LogP contribution in [0.3, 0.4) is 0 Å². The Balaban J connectivity index is 2.46. The van der Waals surface area contributed by atoms with Crippen LogP contribution in [0.2, 0.25) is 0 Å². The summed E-state index contributed by atoms with van der Waals surface area (Å²) in [6.07, 6.45) is 0. The van der Waals surface area contributed by atoms with Gasteiger partial charge in [0, 0.05) is 6.54 Å². The van der Waals surface area contributed by atoms with Crippen molar-refractivity contribution in [3.8, 4) is 0 Å². The first-order chi connectivity index (χ1) is 6.22. The van der Waals surface area contributed by atoms with Crippen LogP contribution in [0.15, 0.2) is 24.3 Å². The zero-order valence-electron chi connectivity index (χ0n) is 6.96. The molecule has 4 heteroatoms. The van der Waals surface area contributed by atoms with E-state index in [2.05, 4.69) is 5.32 Å². The van der Waals surface area contributed by atoms with Crippen LogP contribution < -0.4 is 5.32 Å². The molecule has 0 aliphatic rings. The van der Waals surface area contributed by atoms with Gasteiger partial charge in [-0.1, -0.05) is 12.1 Å². The minimum absolute atomic E-state index is 0.305. The second-order valence-electron chi connectivity index (χ2n) is 2.56. The van der Waals surface area contributed by atoms with Crippen LogP contribution >= 0.6 is 0 Å². The van der Waals surface area contributed by atoms with Gasteiger partial charge in [-0.15, -0.1) is 0 Å². The lowest BCUT2D eigenvalue weighted by Gasteiger charge is -2.02. The number of halogens is 1. The van der Waals surface area contributed by atoms with Crippen molar-refractivity contribution in [3.05, 3.63) is 35.6 Å². The summed E-state index contributed by atoms with van der Waals surface area (Å²) in [5.74, 6) is -0.749. The average Bonchev–Trinajstić information content (AvgIpc) is 2.16. The monoisotopic (exact) mass is 183 g/mol. The van der Waals surface area contributed by atoms with Crippen molar-refractivity contribution in [1.29, 1.82) is 0 Å². The summed E-state index contributed by atoms with van der Waals surface area (Å²) in [7, 11) is 0. The lowest BCUT2D eigenvalue weighted by Crippen LogP contribution is -2.25. The topological polar surface area (TPSA) is 49.3 Å². The van der Waals surface area contributed by atoms with E-state index in [0.29, 0.717) is 6.54 Å².